The maximum Gasteiger partial charge on any atom is 0.407 e. The van der Waals surface area contributed by atoms with Crippen molar-refractivity contribution in [2.45, 2.75) is 18.9 Å². The minimum absolute atomic E-state index is 0.115. The van der Waals surface area contributed by atoms with E-state index in [0.717, 1.165) is 5.56 Å². The summed E-state index contributed by atoms with van der Waals surface area (Å²) in [4.78, 5) is 28.2. The molecular weight excluding hydrogens is 386 g/mol. The van der Waals surface area contributed by atoms with Gasteiger partial charge in [0.15, 0.2) is 6.10 Å². The van der Waals surface area contributed by atoms with Crippen LogP contribution in [0.15, 0.2) is 53.7 Å². The molecular formula is C19H18ClN3O5. The van der Waals surface area contributed by atoms with E-state index >= 15 is 0 Å². The zero-order valence-electron chi connectivity index (χ0n) is 15.0. The third kappa shape index (κ3) is 4.07. The average molecular weight is 404 g/mol. The number of hydrogen-bond donors (Lipinski definition) is 1. The Labute approximate surface area is 166 Å². The molecule has 2 atom stereocenters. The second-order valence-electron chi connectivity index (χ2n) is 6.00. The van der Waals surface area contributed by atoms with E-state index in [1.165, 1.54) is 12.1 Å². The number of carbonyl (C=O) groups excluding carboxylic acids is 1. The summed E-state index contributed by atoms with van der Waals surface area (Å²) in [5.41, 5.74) is 1.24. The van der Waals surface area contributed by atoms with Gasteiger partial charge in [-0.15, -0.1) is 0 Å². The van der Waals surface area contributed by atoms with Gasteiger partial charge in [-0.05, 0) is 18.6 Å². The molecule has 1 aliphatic rings. The smallest absolute Gasteiger partial charge is 0.407 e. The Balaban J connectivity index is 1.98. The maximum atomic E-state index is 11.7. The lowest BCUT2D eigenvalue weighted by Crippen LogP contribution is -2.36. The van der Waals surface area contributed by atoms with Gasteiger partial charge in [0.1, 0.15) is 5.71 Å². The number of carbonyl (C=O) groups is 1. The van der Waals surface area contributed by atoms with Crippen molar-refractivity contribution in [1.82, 2.24) is 5.32 Å². The topological polar surface area (TPSA) is 103 Å². The van der Waals surface area contributed by atoms with Crippen molar-refractivity contribution in [3.63, 3.8) is 0 Å². The van der Waals surface area contributed by atoms with Gasteiger partial charge in [-0.2, -0.15) is 0 Å². The van der Waals surface area contributed by atoms with Crippen LogP contribution in [-0.4, -0.2) is 36.0 Å². The largest absolute Gasteiger partial charge is 0.450 e. The Morgan fingerprint density at radius 1 is 1.29 bits per heavy atom. The first-order valence-electron chi connectivity index (χ1n) is 8.65. The summed E-state index contributed by atoms with van der Waals surface area (Å²) in [5.74, 6) is -0.457. The molecule has 3 rings (SSSR count). The molecule has 0 saturated carbocycles. The van der Waals surface area contributed by atoms with Crippen molar-refractivity contribution in [3.8, 4) is 0 Å². The van der Waals surface area contributed by atoms with Gasteiger partial charge < -0.3 is 14.9 Å². The number of hydrogen-bond acceptors (Lipinski definition) is 6. The number of benzene rings is 2. The summed E-state index contributed by atoms with van der Waals surface area (Å²) >= 11 is 6.29. The van der Waals surface area contributed by atoms with Crippen LogP contribution in [0.2, 0.25) is 5.02 Å². The lowest BCUT2D eigenvalue weighted by atomic mass is 9.85. The SMILES string of the molecule is CCOC(=O)NCC1ON=C(c2c(Cl)cccc2[N+](=O)[O-])C1c1ccccc1. The van der Waals surface area contributed by atoms with E-state index in [1.54, 1.807) is 13.0 Å². The zero-order valence-corrected chi connectivity index (χ0v) is 15.8. The van der Waals surface area contributed by atoms with Crippen molar-refractivity contribution in [2.24, 2.45) is 5.16 Å². The average Bonchev–Trinajstić information content (AvgIpc) is 3.10. The third-order valence-electron chi connectivity index (χ3n) is 4.28. The summed E-state index contributed by atoms with van der Waals surface area (Å²) in [6, 6.07) is 13.8. The Kier molecular flexibility index (Phi) is 6.10. The highest BCUT2D eigenvalue weighted by Crippen LogP contribution is 2.38. The molecule has 1 N–H and O–H groups in total. The molecule has 0 aliphatic carbocycles. The quantitative estimate of drug-likeness (QED) is 0.582. The molecule has 0 aromatic heterocycles. The summed E-state index contributed by atoms with van der Waals surface area (Å²) in [6.07, 6.45) is -1.15. The molecule has 28 heavy (non-hydrogen) atoms. The van der Waals surface area contributed by atoms with E-state index in [4.69, 9.17) is 21.2 Å². The van der Waals surface area contributed by atoms with E-state index in [0.29, 0.717) is 5.71 Å². The van der Waals surface area contributed by atoms with Crippen molar-refractivity contribution >= 4 is 29.1 Å². The number of amides is 1. The molecule has 1 amide bonds. The molecule has 2 aromatic rings. The van der Waals surface area contributed by atoms with Gasteiger partial charge in [0.05, 0.1) is 34.6 Å². The molecule has 8 nitrogen and oxygen atoms in total. The van der Waals surface area contributed by atoms with Gasteiger partial charge in [0, 0.05) is 6.07 Å². The van der Waals surface area contributed by atoms with E-state index in [-0.39, 0.29) is 29.4 Å². The first-order chi connectivity index (χ1) is 13.5. The van der Waals surface area contributed by atoms with Crippen LogP contribution < -0.4 is 5.32 Å². The van der Waals surface area contributed by atoms with Crippen LogP contribution in [0.25, 0.3) is 0 Å². The molecule has 0 spiro atoms. The molecule has 1 heterocycles. The van der Waals surface area contributed by atoms with E-state index in [2.05, 4.69) is 10.5 Å². The van der Waals surface area contributed by atoms with Crippen molar-refractivity contribution in [3.05, 3.63) is 74.8 Å². The Morgan fingerprint density at radius 2 is 2.04 bits per heavy atom. The summed E-state index contributed by atoms with van der Waals surface area (Å²) in [7, 11) is 0. The van der Waals surface area contributed by atoms with E-state index in [9.17, 15) is 14.9 Å². The minimum atomic E-state index is -0.574. The fraction of sp³-hybridized carbons (Fsp3) is 0.263. The normalized spacial score (nSPS) is 18.1. The molecule has 0 fully saturated rings. The van der Waals surface area contributed by atoms with Gasteiger partial charge in [-0.25, -0.2) is 4.79 Å². The second-order valence-corrected chi connectivity index (χ2v) is 6.41. The highest BCUT2D eigenvalue weighted by molar-refractivity contribution is 6.35. The molecule has 2 unspecified atom stereocenters. The van der Waals surface area contributed by atoms with E-state index < -0.39 is 23.0 Å². The number of halogens is 1. The Morgan fingerprint density at radius 3 is 2.71 bits per heavy atom. The van der Waals surface area contributed by atoms with Crippen LogP contribution in [0.1, 0.15) is 24.0 Å². The van der Waals surface area contributed by atoms with Gasteiger partial charge in [-0.3, -0.25) is 10.1 Å². The van der Waals surface area contributed by atoms with Crippen molar-refractivity contribution in [2.75, 3.05) is 13.2 Å². The fourth-order valence-electron chi connectivity index (χ4n) is 3.09. The minimum Gasteiger partial charge on any atom is -0.450 e. The lowest BCUT2D eigenvalue weighted by molar-refractivity contribution is -0.385. The number of nitro benzene ring substituents is 1. The monoisotopic (exact) mass is 403 g/mol. The van der Waals surface area contributed by atoms with Crippen LogP contribution in [-0.2, 0) is 9.57 Å². The summed E-state index contributed by atoms with van der Waals surface area (Å²) in [5, 5.41) is 18.5. The number of nitro groups is 1. The molecule has 146 valence electrons. The zero-order chi connectivity index (χ0) is 20.1. The van der Waals surface area contributed by atoms with Gasteiger partial charge in [-0.1, -0.05) is 53.2 Å². The number of alkyl carbamates (subject to hydrolysis) is 1. The van der Waals surface area contributed by atoms with Crippen LogP contribution in [0.3, 0.4) is 0 Å². The van der Waals surface area contributed by atoms with Gasteiger partial charge in [0.25, 0.3) is 5.69 Å². The summed E-state index contributed by atoms with van der Waals surface area (Å²) < 4.78 is 4.87. The second kappa shape index (κ2) is 8.71. The number of nitrogens with one attached hydrogen (secondary N) is 1. The van der Waals surface area contributed by atoms with Crippen molar-refractivity contribution in [1.29, 1.82) is 0 Å². The van der Waals surface area contributed by atoms with Gasteiger partial charge in [0.2, 0.25) is 0 Å². The van der Waals surface area contributed by atoms with Crippen molar-refractivity contribution < 1.29 is 19.3 Å². The molecule has 9 heteroatoms. The lowest BCUT2D eigenvalue weighted by Gasteiger charge is -2.20. The maximum absolute atomic E-state index is 11.7. The van der Waals surface area contributed by atoms with E-state index in [1.807, 2.05) is 30.3 Å². The molecule has 2 aromatic carbocycles. The Bertz CT molecular complexity index is 904. The number of nitrogens with zero attached hydrogens (tertiary/aromatic N) is 2. The first-order valence-corrected chi connectivity index (χ1v) is 9.03. The molecule has 0 radical (unpaired) electrons. The predicted octanol–water partition coefficient (Wildman–Crippen LogP) is 3.88. The molecule has 0 saturated heterocycles. The third-order valence-corrected chi connectivity index (χ3v) is 4.59. The number of ether oxygens (including phenoxy) is 1. The first kappa shape index (κ1) is 19.6. The molecule has 0 bridgehead atoms. The standard InChI is InChI=1S/C19H18ClN3O5/c1-2-27-19(24)21-11-15-16(12-7-4-3-5-8-12)18(22-28-15)17-13(20)9-6-10-14(17)23(25)26/h3-10,15-16H,2,11H2,1H3,(H,21,24). The number of rotatable bonds is 6. The van der Waals surface area contributed by atoms with Crippen LogP contribution >= 0.6 is 11.6 Å². The predicted molar refractivity (Wildman–Crippen MR) is 104 cm³/mol. The summed E-state index contributed by atoms with van der Waals surface area (Å²) in [6.45, 7) is 2.06. The molecule has 1 aliphatic heterocycles. The van der Waals surface area contributed by atoms with Crippen LogP contribution in [0.5, 0.6) is 0 Å². The van der Waals surface area contributed by atoms with Crippen LogP contribution in [0, 0.1) is 10.1 Å². The highest BCUT2D eigenvalue weighted by atomic mass is 35.5. The van der Waals surface area contributed by atoms with Crippen LogP contribution in [0.4, 0.5) is 10.5 Å². The van der Waals surface area contributed by atoms with Gasteiger partial charge >= 0.3 is 6.09 Å². The number of oxime groups is 1. The highest BCUT2D eigenvalue weighted by Gasteiger charge is 2.40. The fourth-order valence-corrected chi connectivity index (χ4v) is 3.36. The Hall–Kier alpha value is -3.13.